The summed E-state index contributed by atoms with van der Waals surface area (Å²) >= 11 is 0. The molecule has 1 amide bonds. The molecule has 0 saturated carbocycles. The number of H-pyrrole nitrogens is 1. The molecule has 0 bridgehead atoms. The molecule has 0 aliphatic heterocycles. The number of anilines is 1. The van der Waals surface area contributed by atoms with Crippen molar-refractivity contribution in [1.29, 1.82) is 0 Å². The van der Waals surface area contributed by atoms with Gasteiger partial charge < -0.3 is 5.32 Å². The first-order valence-electron chi connectivity index (χ1n) is 4.72. The van der Waals surface area contributed by atoms with Crippen LogP contribution in [0.5, 0.6) is 0 Å². The minimum absolute atomic E-state index is 0.0527. The maximum atomic E-state index is 11.7. The molecule has 0 atom stereocenters. The second-order valence-corrected chi connectivity index (χ2v) is 3.23. The summed E-state index contributed by atoms with van der Waals surface area (Å²) in [7, 11) is 0. The maximum absolute atomic E-state index is 11.7. The third-order valence-corrected chi connectivity index (χ3v) is 2.09. The summed E-state index contributed by atoms with van der Waals surface area (Å²) in [6.07, 6.45) is 1.51. The summed E-state index contributed by atoms with van der Waals surface area (Å²) in [5.41, 5.74) is 0.285. The fraction of sp³-hybridized carbons (Fsp3) is 0. The van der Waals surface area contributed by atoms with Gasteiger partial charge in [-0.1, -0.05) is 0 Å². The van der Waals surface area contributed by atoms with Gasteiger partial charge in [-0.3, -0.25) is 20.0 Å². The molecule has 86 valence electrons. The molecule has 1 aromatic heterocycles. The number of rotatable bonds is 3. The SMILES string of the molecule is O=C(Nc1ccn[nH]1)c1ccc([N+](=O)[O-])cc1. The van der Waals surface area contributed by atoms with Gasteiger partial charge in [-0.2, -0.15) is 5.10 Å². The van der Waals surface area contributed by atoms with E-state index in [1.807, 2.05) is 0 Å². The topological polar surface area (TPSA) is 101 Å². The van der Waals surface area contributed by atoms with E-state index in [1.54, 1.807) is 6.07 Å². The van der Waals surface area contributed by atoms with E-state index in [9.17, 15) is 14.9 Å². The molecule has 1 aromatic carbocycles. The van der Waals surface area contributed by atoms with E-state index in [-0.39, 0.29) is 11.6 Å². The Hall–Kier alpha value is -2.70. The number of nitrogens with one attached hydrogen (secondary N) is 2. The second kappa shape index (κ2) is 4.44. The molecule has 17 heavy (non-hydrogen) atoms. The molecule has 0 spiro atoms. The Morgan fingerprint density at radius 3 is 2.53 bits per heavy atom. The predicted octanol–water partition coefficient (Wildman–Crippen LogP) is 1.57. The lowest BCUT2D eigenvalue weighted by Gasteiger charge is -2.01. The van der Waals surface area contributed by atoms with Gasteiger partial charge in [-0.25, -0.2) is 0 Å². The van der Waals surface area contributed by atoms with Crippen molar-refractivity contribution in [2.45, 2.75) is 0 Å². The highest BCUT2D eigenvalue weighted by Crippen LogP contribution is 2.12. The molecule has 0 saturated heterocycles. The Morgan fingerprint density at radius 1 is 1.29 bits per heavy atom. The summed E-state index contributed by atoms with van der Waals surface area (Å²) in [5, 5.41) is 19.2. The second-order valence-electron chi connectivity index (χ2n) is 3.23. The van der Waals surface area contributed by atoms with E-state index in [4.69, 9.17) is 0 Å². The first-order chi connectivity index (χ1) is 8.16. The van der Waals surface area contributed by atoms with E-state index in [2.05, 4.69) is 15.5 Å². The number of nitrogens with zero attached hydrogens (tertiary/aromatic N) is 2. The van der Waals surface area contributed by atoms with E-state index in [0.717, 1.165) is 0 Å². The number of carbonyl (C=O) groups is 1. The Kier molecular flexibility index (Phi) is 2.82. The van der Waals surface area contributed by atoms with E-state index < -0.39 is 4.92 Å². The van der Waals surface area contributed by atoms with E-state index >= 15 is 0 Å². The van der Waals surface area contributed by atoms with Crippen molar-refractivity contribution in [1.82, 2.24) is 10.2 Å². The number of aromatic nitrogens is 2. The van der Waals surface area contributed by atoms with Crippen LogP contribution < -0.4 is 5.32 Å². The van der Waals surface area contributed by atoms with Crippen LogP contribution in [0, 0.1) is 10.1 Å². The van der Waals surface area contributed by atoms with Crippen LogP contribution in [-0.2, 0) is 0 Å². The molecule has 0 radical (unpaired) electrons. The molecule has 1 heterocycles. The molecular formula is C10H8N4O3. The minimum Gasteiger partial charge on any atom is -0.307 e. The quantitative estimate of drug-likeness (QED) is 0.619. The van der Waals surface area contributed by atoms with E-state index in [1.165, 1.54) is 30.5 Å². The number of hydrogen-bond donors (Lipinski definition) is 2. The Balaban J connectivity index is 2.12. The van der Waals surface area contributed by atoms with Crippen LogP contribution in [0.4, 0.5) is 11.5 Å². The first kappa shape index (κ1) is 10.8. The zero-order chi connectivity index (χ0) is 12.3. The van der Waals surface area contributed by atoms with Crippen molar-refractivity contribution >= 4 is 17.4 Å². The van der Waals surface area contributed by atoms with Crippen molar-refractivity contribution in [3.8, 4) is 0 Å². The van der Waals surface area contributed by atoms with Gasteiger partial charge in [0.1, 0.15) is 5.82 Å². The molecule has 2 N–H and O–H groups in total. The van der Waals surface area contributed by atoms with Crippen LogP contribution in [-0.4, -0.2) is 21.0 Å². The average Bonchev–Trinajstić information content (AvgIpc) is 2.82. The predicted molar refractivity (Wildman–Crippen MR) is 59.6 cm³/mol. The van der Waals surface area contributed by atoms with Gasteiger partial charge in [-0.05, 0) is 12.1 Å². The molecule has 7 nitrogen and oxygen atoms in total. The zero-order valence-electron chi connectivity index (χ0n) is 8.58. The Morgan fingerprint density at radius 2 is 2.00 bits per heavy atom. The summed E-state index contributed by atoms with van der Waals surface area (Å²) in [6, 6.07) is 6.95. The molecule has 2 rings (SSSR count). The van der Waals surface area contributed by atoms with Crippen LogP contribution in [0.25, 0.3) is 0 Å². The average molecular weight is 232 g/mol. The molecule has 0 aliphatic rings. The summed E-state index contributed by atoms with van der Waals surface area (Å²) in [5.74, 6) is 0.109. The third-order valence-electron chi connectivity index (χ3n) is 2.09. The number of nitro benzene ring substituents is 1. The lowest BCUT2D eigenvalue weighted by Crippen LogP contribution is -2.12. The van der Waals surface area contributed by atoms with Crippen molar-refractivity contribution < 1.29 is 9.72 Å². The molecule has 0 unspecified atom stereocenters. The van der Waals surface area contributed by atoms with Gasteiger partial charge in [0.05, 0.1) is 11.1 Å². The zero-order valence-corrected chi connectivity index (χ0v) is 8.58. The maximum Gasteiger partial charge on any atom is 0.269 e. The number of hydrogen-bond acceptors (Lipinski definition) is 4. The highest BCUT2D eigenvalue weighted by Gasteiger charge is 2.09. The van der Waals surface area contributed by atoms with Crippen LogP contribution >= 0.6 is 0 Å². The molecular weight excluding hydrogens is 224 g/mol. The molecule has 7 heteroatoms. The normalized spacial score (nSPS) is 9.88. The lowest BCUT2D eigenvalue weighted by molar-refractivity contribution is -0.384. The van der Waals surface area contributed by atoms with Crippen LogP contribution in [0.3, 0.4) is 0 Å². The van der Waals surface area contributed by atoms with Gasteiger partial charge in [0.15, 0.2) is 0 Å². The fourth-order valence-electron chi connectivity index (χ4n) is 1.25. The number of carbonyl (C=O) groups excluding carboxylic acids is 1. The lowest BCUT2D eigenvalue weighted by atomic mass is 10.2. The third kappa shape index (κ3) is 2.46. The Labute approximate surface area is 95.6 Å². The van der Waals surface area contributed by atoms with Crippen molar-refractivity contribution in [3.63, 3.8) is 0 Å². The summed E-state index contributed by atoms with van der Waals surface area (Å²) in [4.78, 5) is 21.6. The van der Waals surface area contributed by atoms with Gasteiger partial charge in [0, 0.05) is 23.8 Å². The van der Waals surface area contributed by atoms with Crippen LogP contribution in [0.15, 0.2) is 36.5 Å². The van der Waals surface area contributed by atoms with Crippen molar-refractivity contribution in [2.24, 2.45) is 0 Å². The monoisotopic (exact) mass is 232 g/mol. The van der Waals surface area contributed by atoms with Gasteiger partial charge >= 0.3 is 0 Å². The molecule has 0 fully saturated rings. The fourth-order valence-corrected chi connectivity index (χ4v) is 1.25. The number of aromatic amines is 1. The molecule has 2 aromatic rings. The highest BCUT2D eigenvalue weighted by atomic mass is 16.6. The minimum atomic E-state index is -0.517. The van der Waals surface area contributed by atoms with E-state index in [0.29, 0.717) is 11.4 Å². The van der Waals surface area contributed by atoms with Crippen molar-refractivity contribution in [3.05, 3.63) is 52.2 Å². The summed E-state index contributed by atoms with van der Waals surface area (Å²) in [6.45, 7) is 0. The first-order valence-corrected chi connectivity index (χ1v) is 4.72. The van der Waals surface area contributed by atoms with Gasteiger partial charge in [0.2, 0.25) is 0 Å². The summed E-state index contributed by atoms with van der Waals surface area (Å²) < 4.78 is 0. The van der Waals surface area contributed by atoms with Crippen LogP contribution in [0.2, 0.25) is 0 Å². The number of amides is 1. The van der Waals surface area contributed by atoms with Gasteiger partial charge in [0.25, 0.3) is 11.6 Å². The van der Waals surface area contributed by atoms with Crippen molar-refractivity contribution in [2.75, 3.05) is 5.32 Å². The number of nitro groups is 1. The molecule has 0 aliphatic carbocycles. The smallest absolute Gasteiger partial charge is 0.269 e. The largest absolute Gasteiger partial charge is 0.307 e. The van der Waals surface area contributed by atoms with Gasteiger partial charge in [-0.15, -0.1) is 0 Å². The number of benzene rings is 1. The standard InChI is InChI=1S/C10H8N4O3/c15-10(12-9-5-6-11-13-9)7-1-3-8(4-2-7)14(16)17/h1-6H,(H2,11,12,13,15). The highest BCUT2D eigenvalue weighted by molar-refractivity contribution is 6.03. The number of non-ortho nitro benzene ring substituents is 1. The van der Waals surface area contributed by atoms with Crippen LogP contribution in [0.1, 0.15) is 10.4 Å². The Bertz CT molecular complexity index is 533.